The van der Waals surface area contributed by atoms with Gasteiger partial charge in [0, 0.05) is 12.1 Å². The fourth-order valence-electron chi connectivity index (χ4n) is 3.16. The second-order valence-corrected chi connectivity index (χ2v) is 8.67. The van der Waals surface area contributed by atoms with E-state index in [1.165, 1.54) is 0 Å². The number of amides is 3. The van der Waals surface area contributed by atoms with Gasteiger partial charge < -0.3 is 21.4 Å². The number of carbonyl (C=O) groups excluding carboxylic acids is 2. The number of urea groups is 1. The maximum atomic E-state index is 12.7. The van der Waals surface area contributed by atoms with Crippen molar-refractivity contribution in [2.24, 2.45) is 5.73 Å². The first-order valence-corrected chi connectivity index (χ1v) is 12.2. The molecule has 2 aromatic rings. The largest absolute Gasteiger partial charge is 1.00 e. The average Bonchev–Trinajstić information content (AvgIpc) is 3.34. The number of aryl methyl sites for hydroxylation is 1. The van der Waals surface area contributed by atoms with Gasteiger partial charge >= 0.3 is 41.8 Å². The Morgan fingerprint density at radius 1 is 1.25 bits per heavy atom. The molecule has 0 spiro atoms. The van der Waals surface area contributed by atoms with E-state index in [1.54, 1.807) is 30.3 Å². The summed E-state index contributed by atoms with van der Waals surface area (Å²) in [6.45, 7) is 2.27. The molecule has 0 aliphatic carbocycles. The Bertz CT molecular complexity index is 1120. The van der Waals surface area contributed by atoms with E-state index in [0.717, 1.165) is 21.9 Å². The molecule has 13 heteroatoms. The van der Waals surface area contributed by atoms with Gasteiger partial charge in [-0.1, -0.05) is 48.5 Å². The Morgan fingerprint density at radius 2 is 1.88 bits per heavy atom. The summed E-state index contributed by atoms with van der Waals surface area (Å²) < 4.78 is 38.2. The number of amidine groups is 1. The summed E-state index contributed by atoms with van der Waals surface area (Å²) in [6, 6.07) is 16.0. The average molecular weight is 588 g/mol. The number of primary amides is 1. The Hall–Kier alpha value is -2.70. The fourth-order valence-corrected chi connectivity index (χ4v) is 3.30. The number of nitrogens with two attached hydrogens (primary N) is 1. The third-order valence-electron chi connectivity index (χ3n) is 5.21. The van der Waals surface area contributed by atoms with Gasteiger partial charge in [-0.3, -0.25) is 21.2 Å². The van der Waals surface area contributed by atoms with Gasteiger partial charge in [-0.2, -0.15) is 60.7 Å². The van der Waals surface area contributed by atoms with Crippen LogP contribution in [0.4, 0.5) is 18.0 Å². The Morgan fingerprint density at radius 3 is 2.30 bits per heavy atom. The van der Waals surface area contributed by atoms with Crippen molar-refractivity contribution < 1.29 is 52.3 Å². The molecule has 1 heterocycles. The van der Waals surface area contributed by atoms with Crippen LogP contribution in [0.3, 0.4) is 0 Å². The Balaban J connectivity index is 0.00000117. The van der Waals surface area contributed by atoms with E-state index in [-0.39, 0.29) is 54.1 Å². The van der Waals surface area contributed by atoms with Crippen LogP contribution < -0.4 is 40.6 Å². The first-order valence-electron chi connectivity index (χ1n) is 11.8. The molecule has 3 amide bonds. The monoisotopic (exact) mass is 587 g/mol. The molecule has 0 radical (unpaired) electrons. The number of nitrogens with zero attached hydrogens (tertiary/aromatic N) is 2. The van der Waals surface area contributed by atoms with Gasteiger partial charge in [0.15, 0.2) is 0 Å². The summed E-state index contributed by atoms with van der Waals surface area (Å²) in [7, 11) is 1.87. The SMILES string of the molecule is CCc1ccc(C(=N)N(CCC(F)(F)F)C(=O)NCC(=N)C2=[C-]CN(C)C2)cc1.Clc1c[c-]ccc1.NC=O.[Na+]. The van der Waals surface area contributed by atoms with Crippen molar-refractivity contribution in [1.82, 2.24) is 15.1 Å². The molecule has 40 heavy (non-hydrogen) atoms. The number of halogens is 4. The number of hydrogen-bond acceptors (Lipinski definition) is 5. The van der Waals surface area contributed by atoms with Crippen LogP contribution in [0.5, 0.6) is 0 Å². The van der Waals surface area contributed by atoms with Crippen LogP contribution >= 0.6 is 11.6 Å². The number of carbonyl (C=O) groups is 2. The predicted octanol–water partition coefficient (Wildman–Crippen LogP) is 1.48. The summed E-state index contributed by atoms with van der Waals surface area (Å²) >= 11 is 5.51. The van der Waals surface area contributed by atoms with Gasteiger partial charge in [-0.25, -0.2) is 4.79 Å². The maximum Gasteiger partial charge on any atom is 1.00 e. The van der Waals surface area contributed by atoms with Crippen molar-refractivity contribution in [3.8, 4) is 0 Å². The molecule has 0 unspecified atom stereocenters. The smallest absolute Gasteiger partial charge is 0.397 e. The number of likely N-dealkylation sites (N-methyl/N-ethyl adjacent to an activating group) is 1. The molecule has 212 valence electrons. The van der Waals surface area contributed by atoms with Crippen LogP contribution in [-0.4, -0.2) is 73.2 Å². The van der Waals surface area contributed by atoms with E-state index in [0.29, 0.717) is 24.2 Å². The third kappa shape index (κ3) is 14.6. The molecule has 0 atom stereocenters. The summed E-state index contributed by atoms with van der Waals surface area (Å²) in [5.74, 6) is -0.313. The first-order chi connectivity index (χ1) is 18.4. The molecule has 1 aliphatic heterocycles. The zero-order valence-electron chi connectivity index (χ0n) is 22.7. The van der Waals surface area contributed by atoms with E-state index in [1.807, 2.05) is 37.1 Å². The summed E-state index contributed by atoms with van der Waals surface area (Å²) in [5.41, 5.74) is 6.34. The van der Waals surface area contributed by atoms with Crippen LogP contribution in [0.1, 0.15) is 24.5 Å². The van der Waals surface area contributed by atoms with E-state index in [9.17, 15) is 18.0 Å². The van der Waals surface area contributed by atoms with Gasteiger partial charge in [0.25, 0.3) is 0 Å². The molecule has 2 aromatic carbocycles. The maximum absolute atomic E-state index is 12.7. The van der Waals surface area contributed by atoms with Crippen molar-refractivity contribution in [3.05, 3.63) is 82.4 Å². The van der Waals surface area contributed by atoms with Gasteiger partial charge in [-0.05, 0) is 32.1 Å². The third-order valence-corrected chi connectivity index (χ3v) is 5.44. The van der Waals surface area contributed by atoms with Crippen molar-refractivity contribution >= 4 is 35.6 Å². The quantitative estimate of drug-likeness (QED) is 0.129. The summed E-state index contributed by atoms with van der Waals surface area (Å²) in [6.07, 6.45) is -1.61. The number of hydrogen-bond donors (Lipinski definition) is 4. The second kappa shape index (κ2) is 19.4. The minimum absolute atomic E-state index is 0. The zero-order chi connectivity index (χ0) is 29.4. The molecule has 8 nitrogen and oxygen atoms in total. The van der Waals surface area contributed by atoms with E-state index >= 15 is 0 Å². The molecule has 0 fully saturated rings. The van der Waals surface area contributed by atoms with Crippen LogP contribution in [0.2, 0.25) is 5.02 Å². The van der Waals surface area contributed by atoms with Crippen molar-refractivity contribution in [2.75, 3.05) is 33.2 Å². The normalized spacial score (nSPS) is 12.3. The van der Waals surface area contributed by atoms with E-state index in [4.69, 9.17) is 27.2 Å². The van der Waals surface area contributed by atoms with Crippen molar-refractivity contribution in [3.63, 3.8) is 0 Å². The topological polar surface area (TPSA) is 126 Å². The minimum Gasteiger partial charge on any atom is -0.397 e. The fraction of sp³-hybridized carbons (Fsp3) is 0.333. The molecule has 0 aromatic heterocycles. The summed E-state index contributed by atoms with van der Waals surface area (Å²) in [4.78, 5) is 23.8. The van der Waals surface area contributed by atoms with Crippen LogP contribution in [0.25, 0.3) is 0 Å². The van der Waals surface area contributed by atoms with Gasteiger partial charge in [-0.15, -0.1) is 0 Å². The molecular formula is C27H32ClF3N6NaO2-. The minimum atomic E-state index is -4.45. The molecule has 3 rings (SSSR count). The Kier molecular flexibility index (Phi) is 18.1. The standard InChI is InChI=1S/C20H25F3N5O.C6H4Cl.CH3NO.Na/c1-3-14-4-6-15(7-5-14)18(25)28(11-9-20(21,22)23)19(29)26-12-17(24)16-8-10-27(2)13-16;7-6-4-2-1-3-5-6;2-1-3;/h4-7,24-25H,3,9-13H2,1-2H3,(H,26,29);1-2,4-5H;1H,(H2,2,3);/q2*-1;;+1. The first kappa shape index (κ1) is 37.3. The molecule has 5 N–H and O–H groups in total. The van der Waals surface area contributed by atoms with Crippen LogP contribution in [-0.2, 0) is 11.2 Å². The van der Waals surface area contributed by atoms with Gasteiger partial charge in [0.1, 0.15) is 5.84 Å². The molecule has 0 saturated heterocycles. The van der Waals surface area contributed by atoms with E-state index < -0.39 is 25.2 Å². The van der Waals surface area contributed by atoms with Crippen LogP contribution in [0.15, 0.2) is 54.1 Å². The Labute approximate surface area is 260 Å². The number of alkyl halides is 3. The molecule has 1 aliphatic rings. The molecular weight excluding hydrogens is 556 g/mol. The van der Waals surface area contributed by atoms with Crippen molar-refractivity contribution in [1.29, 1.82) is 10.8 Å². The number of benzene rings is 2. The number of nitrogens with one attached hydrogen (secondary N) is 3. The molecule has 0 bridgehead atoms. The van der Waals surface area contributed by atoms with Crippen molar-refractivity contribution in [2.45, 2.75) is 25.9 Å². The zero-order valence-corrected chi connectivity index (χ0v) is 25.5. The number of rotatable bonds is 7. The summed E-state index contributed by atoms with van der Waals surface area (Å²) in [5, 5.41) is 19.5. The molecule has 0 saturated carbocycles. The van der Waals surface area contributed by atoms with Crippen LogP contribution in [0, 0.1) is 23.0 Å². The van der Waals surface area contributed by atoms with Gasteiger partial charge in [0.05, 0.1) is 6.42 Å². The predicted molar refractivity (Wildman–Crippen MR) is 146 cm³/mol. The second-order valence-electron chi connectivity index (χ2n) is 8.24. The van der Waals surface area contributed by atoms with E-state index in [2.05, 4.69) is 23.2 Å². The van der Waals surface area contributed by atoms with Gasteiger partial charge in [0.2, 0.25) is 6.41 Å².